The van der Waals surface area contributed by atoms with E-state index in [1.165, 1.54) is 6.07 Å². The molecule has 20 heavy (non-hydrogen) atoms. The van der Waals surface area contributed by atoms with Crippen molar-refractivity contribution in [2.75, 3.05) is 0 Å². The third kappa shape index (κ3) is 3.90. The number of halogens is 1. The van der Waals surface area contributed by atoms with Crippen molar-refractivity contribution < 1.29 is 9.18 Å². The Balaban J connectivity index is 1.90. The van der Waals surface area contributed by atoms with Crippen molar-refractivity contribution in [2.24, 2.45) is 5.73 Å². The predicted octanol–water partition coefficient (Wildman–Crippen LogP) is 2.14. The fourth-order valence-electron chi connectivity index (χ4n) is 1.90. The molecule has 1 amide bonds. The van der Waals surface area contributed by atoms with Crippen LogP contribution in [-0.4, -0.2) is 5.91 Å². The van der Waals surface area contributed by atoms with Crippen LogP contribution < -0.4 is 11.1 Å². The monoisotopic (exact) mass is 272 g/mol. The zero-order valence-corrected chi connectivity index (χ0v) is 11.1. The Hall–Kier alpha value is -2.20. The van der Waals surface area contributed by atoms with Crippen LogP contribution in [0.2, 0.25) is 0 Å². The van der Waals surface area contributed by atoms with Gasteiger partial charge in [0.05, 0.1) is 6.42 Å². The maximum absolute atomic E-state index is 13.7. The normalized spacial score (nSPS) is 10.3. The van der Waals surface area contributed by atoms with Crippen LogP contribution in [0, 0.1) is 5.82 Å². The fourth-order valence-corrected chi connectivity index (χ4v) is 1.90. The molecule has 0 spiro atoms. The summed E-state index contributed by atoms with van der Waals surface area (Å²) in [6.45, 7) is 0.486. The Kier molecular flexibility index (Phi) is 4.85. The number of carbonyl (C=O) groups excluding carboxylic acids is 1. The number of hydrogen-bond acceptors (Lipinski definition) is 2. The molecule has 2 aromatic rings. The van der Waals surface area contributed by atoms with E-state index in [0.29, 0.717) is 18.5 Å². The van der Waals surface area contributed by atoms with Gasteiger partial charge in [0.25, 0.3) is 0 Å². The van der Waals surface area contributed by atoms with Gasteiger partial charge >= 0.3 is 0 Å². The summed E-state index contributed by atoms with van der Waals surface area (Å²) in [5, 5.41) is 2.72. The number of carbonyl (C=O) groups is 1. The molecule has 0 aliphatic rings. The topological polar surface area (TPSA) is 55.1 Å². The lowest BCUT2D eigenvalue weighted by Gasteiger charge is -2.07. The number of benzene rings is 2. The predicted molar refractivity (Wildman–Crippen MR) is 76.3 cm³/mol. The average Bonchev–Trinajstić information content (AvgIpc) is 2.47. The van der Waals surface area contributed by atoms with Crippen molar-refractivity contribution in [3.63, 3.8) is 0 Å². The second-order valence-corrected chi connectivity index (χ2v) is 4.57. The lowest BCUT2D eigenvalue weighted by molar-refractivity contribution is -0.120. The first-order chi connectivity index (χ1) is 9.69. The highest BCUT2D eigenvalue weighted by molar-refractivity contribution is 5.78. The van der Waals surface area contributed by atoms with Crippen LogP contribution in [0.15, 0.2) is 48.5 Å². The van der Waals surface area contributed by atoms with E-state index in [2.05, 4.69) is 5.32 Å². The van der Waals surface area contributed by atoms with E-state index in [1.54, 1.807) is 12.1 Å². The first-order valence-corrected chi connectivity index (χ1v) is 6.47. The van der Waals surface area contributed by atoms with Crippen molar-refractivity contribution in [3.8, 4) is 0 Å². The zero-order valence-electron chi connectivity index (χ0n) is 11.1. The average molecular weight is 272 g/mol. The van der Waals surface area contributed by atoms with Crippen LogP contribution in [0.4, 0.5) is 4.39 Å². The summed E-state index contributed by atoms with van der Waals surface area (Å²) in [4.78, 5) is 11.8. The molecule has 4 heteroatoms. The van der Waals surface area contributed by atoms with E-state index in [4.69, 9.17) is 5.73 Å². The molecule has 0 aromatic heterocycles. The van der Waals surface area contributed by atoms with Gasteiger partial charge in [0.2, 0.25) is 5.91 Å². The van der Waals surface area contributed by atoms with Crippen LogP contribution in [0.25, 0.3) is 0 Å². The Labute approximate surface area is 117 Å². The second kappa shape index (κ2) is 6.82. The lowest BCUT2D eigenvalue weighted by atomic mass is 10.1. The molecule has 0 saturated heterocycles. The van der Waals surface area contributed by atoms with Crippen LogP contribution >= 0.6 is 0 Å². The van der Waals surface area contributed by atoms with Crippen molar-refractivity contribution in [1.29, 1.82) is 0 Å². The highest BCUT2D eigenvalue weighted by atomic mass is 19.1. The molecule has 0 heterocycles. The summed E-state index contributed by atoms with van der Waals surface area (Å²) in [6.07, 6.45) is 0.295. The minimum Gasteiger partial charge on any atom is -0.352 e. The first kappa shape index (κ1) is 14.2. The summed E-state index contributed by atoms with van der Waals surface area (Å²) in [6, 6.07) is 14.3. The Bertz CT molecular complexity index is 584. The van der Waals surface area contributed by atoms with Crippen molar-refractivity contribution in [3.05, 3.63) is 71.0 Å². The van der Waals surface area contributed by atoms with Gasteiger partial charge in [0, 0.05) is 18.7 Å². The van der Waals surface area contributed by atoms with E-state index in [-0.39, 0.29) is 18.3 Å². The molecule has 0 radical (unpaired) electrons. The van der Waals surface area contributed by atoms with Crippen molar-refractivity contribution >= 4 is 5.91 Å². The molecular weight excluding hydrogens is 255 g/mol. The van der Waals surface area contributed by atoms with Crippen LogP contribution in [-0.2, 0) is 24.3 Å². The third-order valence-corrected chi connectivity index (χ3v) is 3.04. The maximum atomic E-state index is 13.7. The van der Waals surface area contributed by atoms with Gasteiger partial charge in [-0.25, -0.2) is 4.39 Å². The number of amides is 1. The molecule has 2 rings (SSSR count). The largest absolute Gasteiger partial charge is 0.352 e. The van der Waals surface area contributed by atoms with Gasteiger partial charge in [0.1, 0.15) is 5.82 Å². The van der Waals surface area contributed by atoms with Gasteiger partial charge in [-0.05, 0) is 17.2 Å². The van der Waals surface area contributed by atoms with Crippen molar-refractivity contribution in [1.82, 2.24) is 5.32 Å². The number of nitrogens with two attached hydrogens (primary N) is 1. The number of hydrogen-bond donors (Lipinski definition) is 2. The van der Waals surface area contributed by atoms with Crippen LogP contribution in [0.1, 0.15) is 16.7 Å². The summed E-state index contributed by atoms with van der Waals surface area (Å²) in [5.41, 5.74) is 7.57. The molecule has 3 N–H and O–H groups in total. The smallest absolute Gasteiger partial charge is 0.224 e. The van der Waals surface area contributed by atoms with Gasteiger partial charge in [-0.1, -0.05) is 42.5 Å². The Morgan fingerprint density at radius 3 is 2.50 bits per heavy atom. The summed E-state index contributed by atoms with van der Waals surface area (Å²) < 4.78 is 13.7. The minimum atomic E-state index is -0.340. The van der Waals surface area contributed by atoms with Gasteiger partial charge in [0.15, 0.2) is 0 Å². The molecular formula is C16H17FN2O. The molecule has 0 fully saturated rings. The molecule has 0 saturated carbocycles. The Morgan fingerprint density at radius 2 is 1.85 bits per heavy atom. The molecule has 0 bridgehead atoms. The summed E-state index contributed by atoms with van der Waals surface area (Å²) in [5.74, 6) is -0.466. The molecule has 0 atom stereocenters. The maximum Gasteiger partial charge on any atom is 0.224 e. The van der Waals surface area contributed by atoms with Gasteiger partial charge < -0.3 is 11.1 Å². The standard InChI is InChI=1S/C16H17FN2O/c17-15-8-13(10-18)6-7-14(15)11-19-16(20)9-12-4-2-1-3-5-12/h1-8H,9-11,18H2,(H,19,20). The molecule has 104 valence electrons. The number of nitrogens with one attached hydrogen (secondary N) is 1. The fraction of sp³-hybridized carbons (Fsp3) is 0.188. The van der Waals surface area contributed by atoms with Gasteiger partial charge in [-0.2, -0.15) is 0 Å². The molecule has 2 aromatic carbocycles. The molecule has 0 aliphatic carbocycles. The van der Waals surface area contributed by atoms with E-state index >= 15 is 0 Å². The van der Waals surface area contributed by atoms with E-state index in [0.717, 1.165) is 11.1 Å². The summed E-state index contributed by atoms with van der Waals surface area (Å²) >= 11 is 0. The molecule has 3 nitrogen and oxygen atoms in total. The second-order valence-electron chi connectivity index (χ2n) is 4.57. The quantitative estimate of drug-likeness (QED) is 0.876. The van der Waals surface area contributed by atoms with Crippen LogP contribution in [0.5, 0.6) is 0 Å². The first-order valence-electron chi connectivity index (χ1n) is 6.47. The van der Waals surface area contributed by atoms with Gasteiger partial charge in [-0.3, -0.25) is 4.79 Å². The molecule has 0 unspecified atom stereocenters. The number of rotatable bonds is 5. The van der Waals surface area contributed by atoms with E-state index < -0.39 is 0 Å². The molecule has 0 aliphatic heterocycles. The van der Waals surface area contributed by atoms with E-state index in [1.807, 2.05) is 30.3 Å². The highest BCUT2D eigenvalue weighted by Crippen LogP contribution is 2.10. The van der Waals surface area contributed by atoms with Gasteiger partial charge in [-0.15, -0.1) is 0 Å². The zero-order chi connectivity index (χ0) is 14.4. The minimum absolute atomic E-state index is 0.126. The SMILES string of the molecule is NCc1ccc(CNC(=O)Cc2ccccc2)c(F)c1. The van der Waals surface area contributed by atoms with Crippen LogP contribution in [0.3, 0.4) is 0 Å². The lowest BCUT2D eigenvalue weighted by Crippen LogP contribution is -2.25. The highest BCUT2D eigenvalue weighted by Gasteiger charge is 2.06. The Morgan fingerprint density at radius 1 is 1.10 bits per heavy atom. The van der Waals surface area contributed by atoms with E-state index in [9.17, 15) is 9.18 Å². The summed E-state index contributed by atoms with van der Waals surface area (Å²) in [7, 11) is 0. The third-order valence-electron chi connectivity index (χ3n) is 3.04. The van der Waals surface area contributed by atoms with Crippen molar-refractivity contribution in [2.45, 2.75) is 19.5 Å².